The number of nitrogens with zero attached hydrogens (tertiary/aromatic N) is 3. The quantitative estimate of drug-likeness (QED) is 0.291. The fourth-order valence-electron chi connectivity index (χ4n) is 4.81. The maximum absolute atomic E-state index is 14.0. The maximum atomic E-state index is 14.0. The lowest BCUT2D eigenvalue weighted by Crippen LogP contribution is -2.51. The van der Waals surface area contributed by atoms with Crippen molar-refractivity contribution < 1.29 is 27.6 Å². The topological polar surface area (TPSA) is 115 Å². The number of hydrogen-bond donors (Lipinski definition) is 2. The minimum atomic E-state index is -1.11. The van der Waals surface area contributed by atoms with Gasteiger partial charge in [0.2, 0.25) is 5.91 Å². The van der Waals surface area contributed by atoms with Gasteiger partial charge in [-0.15, -0.1) is 0 Å². The molecular weight excluding hydrogens is 632 g/mol. The zero-order valence-corrected chi connectivity index (χ0v) is 27.1. The molecule has 0 aliphatic carbocycles. The van der Waals surface area contributed by atoms with Crippen molar-refractivity contribution in [3.63, 3.8) is 0 Å². The zero-order chi connectivity index (χ0) is 34.1. The molecular formula is C34H36ClF2N5O5. The van der Waals surface area contributed by atoms with Gasteiger partial charge in [0.15, 0.2) is 22.6 Å². The van der Waals surface area contributed by atoms with E-state index < -0.39 is 34.3 Å². The van der Waals surface area contributed by atoms with E-state index in [0.29, 0.717) is 44.4 Å². The number of benzene rings is 3. The Morgan fingerprint density at radius 1 is 0.915 bits per heavy atom. The fraction of sp³-hybridized carbons (Fsp3) is 0.294. The summed E-state index contributed by atoms with van der Waals surface area (Å²) in [5.41, 5.74) is 1.25. The van der Waals surface area contributed by atoms with Gasteiger partial charge in [0, 0.05) is 62.1 Å². The number of carbonyl (C=O) groups excluding carboxylic acids is 3. The predicted molar refractivity (Wildman–Crippen MR) is 177 cm³/mol. The number of fused-ring (bicyclic) bond motifs is 1. The van der Waals surface area contributed by atoms with Crippen LogP contribution in [0.15, 0.2) is 75.9 Å². The first kappa shape index (κ1) is 35.1. The number of anilines is 1. The van der Waals surface area contributed by atoms with Gasteiger partial charge >= 0.3 is 0 Å². The van der Waals surface area contributed by atoms with Crippen LogP contribution in [0.2, 0.25) is 5.02 Å². The second-order valence-corrected chi connectivity index (χ2v) is 11.6. The van der Waals surface area contributed by atoms with Gasteiger partial charge in [-0.1, -0.05) is 41.4 Å². The average Bonchev–Trinajstić information content (AvgIpc) is 3.05. The number of halogens is 3. The summed E-state index contributed by atoms with van der Waals surface area (Å²) in [7, 11) is 3.86. The van der Waals surface area contributed by atoms with Crippen LogP contribution in [0.25, 0.3) is 11.0 Å². The first-order chi connectivity index (χ1) is 22.4. The Labute approximate surface area is 275 Å². The van der Waals surface area contributed by atoms with Gasteiger partial charge in [-0.2, -0.15) is 0 Å². The molecule has 1 aliphatic rings. The first-order valence-corrected chi connectivity index (χ1v) is 15.3. The molecule has 0 bridgehead atoms. The third kappa shape index (κ3) is 9.60. The van der Waals surface area contributed by atoms with E-state index in [0.717, 1.165) is 29.4 Å². The molecule has 4 aromatic rings. The van der Waals surface area contributed by atoms with E-state index in [1.165, 1.54) is 5.56 Å². The third-order valence-electron chi connectivity index (χ3n) is 7.35. The van der Waals surface area contributed by atoms with Crippen LogP contribution < -0.4 is 21.0 Å². The Hall–Kier alpha value is -4.81. The number of amides is 3. The summed E-state index contributed by atoms with van der Waals surface area (Å²) in [5, 5.41) is 5.78. The van der Waals surface area contributed by atoms with Crippen molar-refractivity contribution >= 4 is 46.0 Å². The molecule has 2 heterocycles. The lowest BCUT2D eigenvalue weighted by atomic mass is 10.1. The lowest BCUT2D eigenvalue weighted by molar-refractivity contribution is -0.130. The Balaban J connectivity index is 0.000000546. The molecule has 248 valence electrons. The van der Waals surface area contributed by atoms with Gasteiger partial charge in [-0.25, -0.2) is 8.78 Å². The monoisotopic (exact) mass is 667 g/mol. The Morgan fingerprint density at radius 3 is 2.26 bits per heavy atom. The van der Waals surface area contributed by atoms with E-state index in [1.807, 2.05) is 67.2 Å². The number of likely N-dealkylation sites (N-methyl/N-ethyl adjacent to an activating group) is 1. The molecule has 0 atom stereocenters. The smallest absolute Gasteiger partial charge is 0.287 e. The molecule has 3 aromatic carbocycles. The summed E-state index contributed by atoms with van der Waals surface area (Å²) in [6.45, 7) is 4.61. The molecule has 0 saturated carbocycles. The minimum Gasteiger partial charge on any atom is -0.448 e. The van der Waals surface area contributed by atoms with Crippen molar-refractivity contribution in [2.45, 2.75) is 6.92 Å². The number of hydrogen-bond acceptors (Lipinski definition) is 7. The summed E-state index contributed by atoms with van der Waals surface area (Å²) < 4.78 is 32.6. The second-order valence-electron chi connectivity index (χ2n) is 11.2. The highest BCUT2D eigenvalue weighted by atomic mass is 35.5. The highest BCUT2D eigenvalue weighted by Gasteiger charge is 2.25. The van der Waals surface area contributed by atoms with Gasteiger partial charge in [-0.05, 0) is 51.4 Å². The normalized spacial score (nSPS) is 12.8. The number of aryl methyl sites for hydroxylation is 1. The molecule has 1 fully saturated rings. The first-order valence-electron chi connectivity index (χ1n) is 14.9. The number of nitrogens with one attached hydrogen (secondary N) is 2. The largest absolute Gasteiger partial charge is 0.448 e. The van der Waals surface area contributed by atoms with E-state index in [9.17, 15) is 28.0 Å². The van der Waals surface area contributed by atoms with Crippen molar-refractivity contribution in [1.29, 1.82) is 0 Å². The van der Waals surface area contributed by atoms with Crippen molar-refractivity contribution in [2.75, 3.05) is 64.8 Å². The van der Waals surface area contributed by atoms with Crippen LogP contribution in [0.5, 0.6) is 0 Å². The molecule has 3 amide bonds. The van der Waals surface area contributed by atoms with Crippen LogP contribution in [-0.2, 0) is 4.79 Å². The molecule has 1 aliphatic heterocycles. The van der Waals surface area contributed by atoms with E-state index in [-0.39, 0.29) is 23.7 Å². The van der Waals surface area contributed by atoms with Gasteiger partial charge in [0.05, 0.1) is 17.5 Å². The molecule has 0 spiro atoms. The van der Waals surface area contributed by atoms with Gasteiger partial charge in [0.1, 0.15) is 5.82 Å². The number of piperazine rings is 1. The van der Waals surface area contributed by atoms with Crippen LogP contribution in [0, 0.1) is 18.6 Å². The Kier molecular flexibility index (Phi) is 12.0. The van der Waals surface area contributed by atoms with Gasteiger partial charge in [-0.3, -0.25) is 19.2 Å². The van der Waals surface area contributed by atoms with E-state index in [2.05, 4.69) is 10.6 Å². The van der Waals surface area contributed by atoms with Crippen LogP contribution in [-0.4, -0.2) is 87.4 Å². The highest BCUT2D eigenvalue weighted by Crippen LogP contribution is 2.22. The van der Waals surface area contributed by atoms with Crippen LogP contribution >= 0.6 is 11.6 Å². The standard InChI is InChI=1S/C27H29F2N5O5.C7H7Cl/c1-32(2)8-7-30-26(37)18-5-3-4-6-21(18)33-9-11-34(12-10-33)24(36)16-31-27(38)23-15-22(35)19-13-17(28)14-20(29)25(19)39-23;1-6-2-4-7(8)5-3-6/h3-6,13-15H,7-12,16H2,1-2H3,(H,30,37)(H,31,38);2-5H,1H3. The highest BCUT2D eigenvalue weighted by molar-refractivity contribution is 6.30. The van der Waals surface area contributed by atoms with Crippen molar-refractivity contribution in [3.8, 4) is 0 Å². The summed E-state index contributed by atoms with van der Waals surface area (Å²) in [6.07, 6.45) is 0. The molecule has 10 nitrogen and oxygen atoms in total. The second kappa shape index (κ2) is 16.1. The van der Waals surface area contributed by atoms with Crippen molar-refractivity contribution in [2.24, 2.45) is 0 Å². The molecule has 5 rings (SSSR count). The van der Waals surface area contributed by atoms with E-state index >= 15 is 0 Å². The molecule has 47 heavy (non-hydrogen) atoms. The number of rotatable bonds is 8. The zero-order valence-electron chi connectivity index (χ0n) is 26.3. The summed E-state index contributed by atoms with van der Waals surface area (Å²) in [4.78, 5) is 55.7. The Bertz CT molecular complexity index is 1770. The Morgan fingerprint density at radius 2 is 1.60 bits per heavy atom. The van der Waals surface area contributed by atoms with E-state index in [1.54, 1.807) is 17.0 Å². The van der Waals surface area contributed by atoms with Crippen LogP contribution in [0.1, 0.15) is 26.5 Å². The molecule has 1 saturated heterocycles. The molecule has 0 radical (unpaired) electrons. The SMILES string of the molecule is CN(C)CCNC(=O)c1ccccc1N1CCN(C(=O)CNC(=O)c2cc(=O)c3cc(F)cc(F)c3o2)CC1.Cc1ccc(Cl)cc1. The molecule has 13 heteroatoms. The summed E-state index contributed by atoms with van der Waals surface area (Å²) >= 11 is 5.61. The number of carbonyl (C=O) groups is 3. The fourth-order valence-corrected chi connectivity index (χ4v) is 4.94. The molecule has 0 unspecified atom stereocenters. The van der Waals surface area contributed by atoms with E-state index in [4.69, 9.17) is 16.0 Å². The number of para-hydroxylation sites is 1. The van der Waals surface area contributed by atoms with Crippen LogP contribution in [0.4, 0.5) is 14.5 Å². The third-order valence-corrected chi connectivity index (χ3v) is 7.60. The lowest BCUT2D eigenvalue weighted by Gasteiger charge is -2.37. The minimum absolute atomic E-state index is 0.168. The predicted octanol–water partition coefficient (Wildman–Crippen LogP) is 4.09. The maximum Gasteiger partial charge on any atom is 0.287 e. The molecule has 2 N–H and O–H groups in total. The summed E-state index contributed by atoms with van der Waals surface area (Å²) in [5.74, 6) is -3.94. The molecule has 1 aromatic heterocycles. The van der Waals surface area contributed by atoms with Gasteiger partial charge < -0.3 is 29.8 Å². The van der Waals surface area contributed by atoms with Crippen molar-refractivity contribution in [1.82, 2.24) is 20.4 Å². The van der Waals surface area contributed by atoms with Crippen molar-refractivity contribution in [3.05, 3.63) is 110 Å². The van der Waals surface area contributed by atoms with Crippen LogP contribution in [0.3, 0.4) is 0 Å². The summed E-state index contributed by atoms with van der Waals surface area (Å²) in [6, 6.07) is 17.2. The van der Waals surface area contributed by atoms with Gasteiger partial charge in [0.25, 0.3) is 11.8 Å². The average molecular weight is 668 g/mol.